The molecular formula is C17H20FN3O5S2. The monoisotopic (exact) mass is 429 g/mol. The smallest absolute Gasteiger partial charge is 0.241 e. The van der Waals surface area contributed by atoms with Crippen LogP contribution >= 0.6 is 0 Å². The van der Waals surface area contributed by atoms with Crippen molar-refractivity contribution >= 4 is 26.0 Å². The number of rotatable bonds is 8. The van der Waals surface area contributed by atoms with Gasteiger partial charge in [-0.05, 0) is 48.4 Å². The van der Waals surface area contributed by atoms with Gasteiger partial charge in [0.2, 0.25) is 26.0 Å². The summed E-state index contributed by atoms with van der Waals surface area (Å²) in [5, 5.41) is 7.60. The molecule has 11 heteroatoms. The lowest BCUT2D eigenvalue weighted by Gasteiger charge is -2.17. The molecule has 2 rings (SSSR count). The first-order valence-electron chi connectivity index (χ1n) is 8.20. The number of halogens is 1. The molecule has 0 aliphatic rings. The Bertz CT molecular complexity index is 1040. The lowest BCUT2D eigenvalue weighted by Crippen LogP contribution is -2.46. The molecule has 0 aromatic heterocycles. The van der Waals surface area contributed by atoms with Crippen molar-refractivity contribution in [2.45, 2.75) is 35.7 Å². The van der Waals surface area contributed by atoms with Gasteiger partial charge < -0.3 is 5.32 Å². The zero-order chi connectivity index (χ0) is 20.9. The van der Waals surface area contributed by atoms with Gasteiger partial charge in [-0.15, -0.1) is 0 Å². The third-order valence-corrected chi connectivity index (χ3v) is 6.28. The largest absolute Gasteiger partial charge is 0.351 e. The standard InChI is InChI=1S/C17H20FN3O5S2/c1-2-16(21-28(25,26)15-9-5-13(18)6-10-15)17(22)20-11-12-3-7-14(8-4-12)27(19,23)24/h3-10,16,21H,2,11H2,1H3,(H,20,22)(H2,19,23,24). The van der Waals surface area contributed by atoms with E-state index < -0.39 is 37.8 Å². The highest BCUT2D eigenvalue weighted by Gasteiger charge is 2.24. The minimum absolute atomic E-state index is 0.0546. The van der Waals surface area contributed by atoms with E-state index in [4.69, 9.17) is 5.14 Å². The van der Waals surface area contributed by atoms with Gasteiger partial charge in [0.25, 0.3) is 0 Å². The van der Waals surface area contributed by atoms with Gasteiger partial charge in [0.15, 0.2) is 0 Å². The minimum Gasteiger partial charge on any atom is -0.351 e. The van der Waals surface area contributed by atoms with Gasteiger partial charge in [0.1, 0.15) is 11.9 Å². The lowest BCUT2D eigenvalue weighted by molar-refractivity contribution is -0.122. The third-order valence-electron chi connectivity index (χ3n) is 3.86. The number of amides is 1. The molecule has 0 bridgehead atoms. The zero-order valence-electron chi connectivity index (χ0n) is 14.9. The van der Waals surface area contributed by atoms with Crippen LogP contribution in [0.5, 0.6) is 0 Å². The molecule has 2 aromatic rings. The molecule has 0 heterocycles. The molecular weight excluding hydrogens is 409 g/mol. The number of sulfonamides is 2. The first-order valence-corrected chi connectivity index (χ1v) is 11.2. The quantitative estimate of drug-likeness (QED) is 0.572. The van der Waals surface area contributed by atoms with Gasteiger partial charge in [0, 0.05) is 6.54 Å². The van der Waals surface area contributed by atoms with E-state index in [1.54, 1.807) is 6.92 Å². The van der Waals surface area contributed by atoms with E-state index >= 15 is 0 Å². The molecule has 2 aromatic carbocycles. The fourth-order valence-electron chi connectivity index (χ4n) is 2.30. The zero-order valence-corrected chi connectivity index (χ0v) is 16.6. The number of carbonyl (C=O) groups excluding carboxylic acids is 1. The maximum Gasteiger partial charge on any atom is 0.241 e. The van der Waals surface area contributed by atoms with Crippen molar-refractivity contribution in [3.05, 3.63) is 59.9 Å². The number of benzene rings is 2. The first-order chi connectivity index (χ1) is 13.0. The van der Waals surface area contributed by atoms with Crippen LogP contribution in [0.2, 0.25) is 0 Å². The van der Waals surface area contributed by atoms with Crippen molar-refractivity contribution < 1.29 is 26.0 Å². The van der Waals surface area contributed by atoms with Crippen LogP contribution in [-0.2, 0) is 31.4 Å². The summed E-state index contributed by atoms with van der Waals surface area (Å²) in [4.78, 5) is 12.1. The molecule has 8 nitrogen and oxygen atoms in total. The molecule has 4 N–H and O–H groups in total. The van der Waals surface area contributed by atoms with E-state index in [9.17, 15) is 26.0 Å². The number of hydrogen-bond acceptors (Lipinski definition) is 5. The highest BCUT2D eigenvalue weighted by molar-refractivity contribution is 7.89. The molecule has 28 heavy (non-hydrogen) atoms. The molecule has 0 aliphatic heterocycles. The predicted octanol–water partition coefficient (Wildman–Crippen LogP) is 0.846. The Morgan fingerprint density at radius 3 is 2.04 bits per heavy atom. The SMILES string of the molecule is CCC(NS(=O)(=O)c1ccc(F)cc1)C(=O)NCc1ccc(S(N)(=O)=O)cc1. The van der Waals surface area contributed by atoms with Crippen molar-refractivity contribution in [1.82, 2.24) is 10.0 Å². The number of carbonyl (C=O) groups is 1. The van der Waals surface area contributed by atoms with Crippen LogP contribution in [0, 0.1) is 5.82 Å². The van der Waals surface area contributed by atoms with Crippen LogP contribution in [-0.4, -0.2) is 28.8 Å². The summed E-state index contributed by atoms with van der Waals surface area (Å²) < 4.78 is 62.4. The van der Waals surface area contributed by atoms with Crippen molar-refractivity contribution in [1.29, 1.82) is 0 Å². The van der Waals surface area contributed by atoms with Crippen LogP contribution in [0.15, 0.2) is 58.3 Å². The van der Waals surface area contributed by atoms with E-state index in [1.165, 1.54) is 24.3 Å². The van der Waals surface area contributed by atoms with E-state index in [1.807, 2.05) is 0 Å². The third kappa shape index (κ3) is 5.83. The van der Waals surface area contributed by atoms with Gasteiger partial charge in [-0.2, -0.15) is 4.72 Å². The Hall–Kier alpha value is -2.34. The lowest BCUT2D eigenvalue weighted by atomic mass is 10.2. The van der Waals surface area contributed by atoms with Gasteiger partial charge in [-0.25, -0.2) is 26.4 Å². The molecule has 1 amide bonds. The van der Waals surface area contributed by atoms with Crippen LogP contribution in [0.4, 0.5) is 4.39 Å². The minimum atomic E-state index is -4.00. The van der Waals surface area contributed by atoms with Gasteiger partial charge >= 0.3 is 0 Å². The Morgan fingerprint density at radius 2 is 1.54 bits per heavy atom. The summed E-state index contributed by atoms with van der Waals surface area (Å²) in [5.74, 6) is -1.12. The average Bonchev–Trinajstić information content (AvgIpc) is 2.64. The van der Waals surface area contributed by atoms with Crippen molar-refractivity contribution in [2.75, 3.05) is 0 Å². The van der Waals surface area contributed by atoms with E-state index in [0.717, 1.165) is 24.3 Å². The Labute approximate surface area is 163 Å². The van der Waals surface area contributed by atoms with Crippen molar-refractivity contribution in [3.8, 4) is 0 Å². The van der Waals surface area contributed by atoms with Gasteiger partial charge in [-0.3, -0.25) is 4.79 Å². The summed E-state index contributed by atoms with van der Waals surface area (Å²) in [7, 11) is -7.80. The number of nitrogens with one attached hydrogen (secondary N) is 2. The van der Waals surface area contributed by atoms with Crippen LogP contribution in [0.3, 0.4) is 0 Å². The van der Waals surface area contributed by atoms with Crippen molar-refractivity contribution in [3.63, 3.8) is 0 Å². The highest BCUT2D eigenvalue weighted by Crippen LogP contribution is 2.12. The highest BCUT2D eigenvalue weighted by atomic mass is 32.2. The molecule has 0 saturated carbocycles. The summed E-state index contributed by atoms with van der Waals surface area (Å²) >= 11 is 0. The second kappa shape index (κ2) is 8.78. The molecule has 152 valence electrons. The fraction of sp³-hybridized carbons (Fsp3) is 0.235. The topological polar surface area (TPSA) is 135 Å². The molecule has 0 spiro atoms. The molecule has 0 aliphatic carbocycles. The average molecular weight is 429 g/mol. The predicted molar refractivity (Wildman–Crippen MR) is 100 cm³/mol. The van der Waals surface area contributed by atoms with Gasteiger partial charge in [-0.1, -0.05) is 19.1 Å². The van der Waals surface area contributed by atoms with Crippen LogP contribution in [0.1, 0.15) is 18.9 Å². The van der Waals surface area contributed by atoms with Crippen LogP contribution in [0.25, 0.3) is 0 Å². The van der Waals surface area contributed by atoms with E-state index in [2.05, 4.69) is 10.0 Å². The molecule has 0 radical (unpaired) electrons. The molecule has 0 saturated heterocycles. The fourth-order valence-corrected chi connectivity index (χ4v) is 4.09. The van der Waals surface area contributed by atoms with E-state index in [0.29, 0.717) is 5.56 Å². The van der Waals surface area contributed by atoms with E-state index in [-0.39, 0.29) is 22.8 Å². The number of nitrogens with two attached hydrogens (primary N) is 1. The molecule has 1 atom stereocenters. The van der Waals surface area contributed by atoms with Crippen LogP contribution < -0.4 is 15.2 Å². The summed E-state index contributed by atoms with van der Waals surface area (Å²) in [6.07, 6.45) is 0.191. The number of hydrogen-bond donors (Lipinski definition) is 3. The molecule has 0 fully saturated rings. The van der Waals surface area contributed by atoms with Crippen molar-refractivity contribution in [2.24, 2.45) is 5.14 Å². The maximum atomic E-state index is 13.0. The normalized spacial score (nSPS) is 13.1. The Kier molecular flexibility index (Phi) is 6.88. The molecule has 1 unspecified atom stereocenters. The second-order valence-corrected chi connectivity index (χ2v) is 9.22. The number of primary sulfonamides is 1. The van der Waals surface area contributed by atoms with Gasteiger partial charge in [0.05, 0.1) is 9.79 Å². The summed E-state index contributed by atoms with van der Waals surface area (Å²) in [6.45, 7) is 1.71. The second-order valence-electron chi connectivity index (χ2n) is 5.94. The Morgan fingerprint density at radius 1 is 1.00 bits per heavy atom. The Balaban J connectivity index is 2.02. The first kappa shape index (κ1) is 22.0. The summed E-state index contributed by atoms with van der Waals surface area (Å²) in [5.41, 5.74) is 0.608. The maximum absolute atomic E-state index is 13.0. The summed E-state index contributed by atoms with van der Waals surface area (Å²) in [6, 6.07) is 8.81.